The third kappa shape index (κ3) is 1.62. The Morgan fingerprint density at radius 2 is 2.44 bits per heavy atom. The summed E-state index contributed by atoms with van der Waals surface area (Å²) in [4.78, 5) is 0. The van der Waals surface area contributed by atoms with E-state index in [1.807, 2.05) is 0 Å². The first-order chi connectivity index (χ1) is 4.34. The van der Waals surface area contributed by atoms with E-state index in [0.717, 1.165) is 0 Å². The van der Waals surface area contributed by atoms with Crippen LogP contribution in [0.4, 0.5) is 0 Å². The third-order valence-corrected chi connectivity index (χ3v) is 1.53. The predicted molar refractivity (Wildman–Crippen MR) is 32.6 cm³/mol. The second-order valence-corrected chi connectivity index (χ2v) is 2.20. The number of nitrogens with two attached hydrogens (primary N) is 1. The standard InChI is InChI=1S/C5H12N2O2/c6-7-4-3-9-2-1-5(4)8/h4-5,7-8H,1-3,6H2/t4-,5-/m0/s1. The van der Waals surface area contributed by atoms with Gasteiger partial charge in [-0.25, -0.2) is 0 Å². The molecule has 54 valence electrons. The van der Waals surface area contributed by atoms with Gasteiger partial charge in [0.1, 0.15) is 0 Å². The Morgan fingerprint density at radius 1 is 1.67 bits per heavy atom. The second kappa shape index (κ2) is 3.12. The number of hydrazine groups is 1. The molecule has 0 aromatic heterocycles. The molecule has 9 heavy (non-hydrogen) atoms. The van der Waals surface area contributed by atoms with Crippen molar-refractivity contribution in [3.63, 3.8) is 0 Å². The van der Waals surface area contributed by atoms with Gasteiger partial charge in [0, 0.05) is 6.61 Å². The van der Waals surface area contributed by atoms with Gasteiger partial charge < -0.3 is 9.84 Å². The van der Waals surface area contributed by atoms with Gasteiger partial charge in [-0.15, -0.1) is 0 Å². The maximum absolute atomic E-state index is 9.15. The minimum Gasteiger partial charge on any atom is -0.391 e. The van der Waals surface area contributed by atoms with Gasteiger partial charge in [-0.1, -0.05) is 0 Å². The van der Waals surface area contributed by atoms with Gasteiger partial charge in [-0.3, -0.25) is 11.3 Å². The van der Waals surface area contributed by atoms with Crippen molar-refractivity contribution in [1.82, 2.24) is 5.43 Å². The SMILES string of the molecule is NN[C@H]1COCC[C@@H]1O. The van der Waals surface area contributed by atoms with E-state index in [4.69, 9.17) is 15.7 Å². The van der Waals surface area contributed by atoms with E-state index in [0.29, 0.717) is 19.6 Å². The van der Waals surface area contributed by atoms with Crippen LogP contribution >= 0.6 is 0 Å². The molecule has 1 heterocycles. The highest BCUT2D eigenvalue weighted by Gasteiger charge is 2.21. The monoisotopic (exact) mass is 132 g/mol. The molecule has 1 fully saturated rings. The Balaban J connectivity index is 2.30. The number of rotatable bonds is 1. The van der Waals surface area contributed by atoms with Crippen LogP contribution < -0.4 is 11.3 Å². The average molecular weight is 132 g/mol. The lowest BCUT2D eigenvalue weighted by molar-refractivity contribution is -0.0153. The molecule has 0 bridgehead atoms. The Labute approximate surface area is 54.0 Å². The molecule has 2 atom stereocenters. The fourth-order valence-corrected chi connectivity index (χ4v) is 0.886. The predicted octanol–water partition coefficient (Wildman–Crippen LogP) is -1.40. The summed E-state index contributed by atoms with van der Waals surface area (Å²) in [5, 5.41) is 9.15. The molecule has 0 saturated carbocycles. The van der Waals surface area contributed by atoms with Crippen molar-refractivity contribution < 1.29 is 9.84 Å². The average Bonchev–Trinajstić information content (AvgIpc) is 1.89. The third-order valence-electron chi connectivity index (χ3n) is 1.53. The van der Waals surface area contributed by atoms with Crippen LogP contribution in [0, 0.1) is 0 Å². The lowest BCUT2D eigenvalue weighted by Gasteiger charge is -2.26. The summed E-state index contributed by atoms with van der Waals surface area (Å²) in [5.74, 6) is 5.10. The summed E-state index contributed by atoms with van der Waals surface area (Å²) in [7, 11) is 0. The zero-order valence-corrected chi connectivity index (χ0v) is 5.21. The van der Waals surface area contributed by atoms with Gasteiger partial charge in [-0.05, 0) is 6.42 Å². The molecule has 4 nitrogen and oxygen atoms in total. The molecule has 0 spiro atoms. The van der Waals surface area contributed by atoms with E-state index >= 15 is 0 Å². The van der Waals surface area contributed by atoms with Gasteiger partial charge in [0.15, 0.2) is 0 Å². The normalized spacial score (nSPS) is 36.7. The maximum atomic E-state index is 9.15. The molecule has 0 amide bonds. The summed E-state index contributed by atoms with van der Waals surface area (Å²) in [6.45, 7) is 1.15. The van der Waals surface area contributed by atoms with E-state index < -0.39 is 0 Å². The zero-order chi connectivity index (χ0) is 6.69. The van der Waals surface area contributed by atoms with Crippen molar-refractivity contribution in [3.05, 3.63) is 0 Å². The maximum Gasteiger partial charge on any atom is 0.0751 e. The number of ether oxygens (including phenoxy) is 1. The van der Waals surface area contributed by atoms with Gasteiger partial charge in [0.25, 0.3) is 0 Å². The lowest BCUT2D eigenvalue weighted by atomic mass is 10.1. The fourth-order valence-electron chi connectivity index (χ4n) is 0.886. The summed E-state index contributed by atoms with van der Waals surface area (Å²) < 4.78 is 5.04. The number of aliphatic hydroxyl groups excluding tert-OH is 1. The molecule has 1 aliphatic rings. The van der Waals surface area contributed by atoms with Gasteiger partial charge in [0.05, 0.1) is 18.8 Å². The van der Waals surface area contributed by atoms with Gasteiger partial charge in [0.2, 0.25) is 0 Å². The first kappa shape index (κ1) is 6.95. The minimum absolute atomic E-state index is 0.0845. The Bertz CT molecular complexity index is 89.0. The first-order valence-electron chi connectivity index (χ1n) is 3.06. The number of nitrogens with one attached hydrogen (secondary N) is 1. The molecule has 0 aromatic rings. The van der Waals surface area contributed by atoms with Crippen molar-refractivity contribution in [2.24, 2.45) is 5.84 Å². The lowest BCUT2D eigenvalue weighted by Crippen LogP contribution is -2.50. The largest absolute Gasteiger partial charge is 0.391 e. The molecule has 0 aliphatic carbocycles. The Hall–Kier alpha value is -0.160. The van der Waals surface area contributed by atoms with Crippen LogP contribution in [-0.2, 0) is 4.74 Å². The van der Waals surface area contributed by atoms with Crippen LogP contribution in [0.1, 0.15) is 6.42 Å². The minimum atomic E-state index is -0.344. The van der Waals surface area contributed by atoms with Gasteiger partial charge in [-0.2, -0.15) is 0 Å². The Kier molecular flexibility index (Phi) is 2.41. The molecule has 0 aromatic carbocycles. The van der Waals surface area contributed by atoms with E-state index in [1.165, 1.54) is 0 Å². The molecule has 0 unspecified atom stereocenters. The van der Waals surface area contributed by atoms with E-state index in [-0.39, 0.29) is 12.1 Å². The van der Waals surface area contributed by atoms with Crippen molar-refractivity contribution >= 4 is 0 Å². The van der Waals surface area contributed by atoms with E-state index in [9.17, 15) is 0 Å². The fraction of sp³-hybridized carbons (Fsp3) is 1.00. The molecule has 1 rings (SSSR count). The zero-order valence-electron chi connectivity index (χ0n) is 5.21. The summed E-state index contributed by atoms with van der Waals surface area (Å²) in [6, 6.07) is -0.0845. The van der Waals surface area contributed by atoms with Crippen LogP contribution in [0.15, 0.2) is 0 Å². The molecule has 4 heteroatoms. The highest BCUT2D eigenvalue weighted by atomic mass is 16.5. The van der Waals surface area contributed by atoms with Gasteiger partial charge >= 0.3 is 0 Å². The summed E-state index contributed by atoms with van der Waals surface area (Å²) in [5.41, 5.74) is 2.48. The van der Waals surface area contributed by atoms with E-state index in [1.54, 1.807) is 0 Å². The smallest absolute Gasteiger partial charge is 0.0751 e. The number of hydrogen-bond acceptors (Lipinski definition) is 4. The van der Waals surface area contributed by atoms with Crippen LogP contribution in [0.25, 0.3) is 0 Å². The van der Waals surface area contributed by atoms with Crippen molar-refractivity contribution in [2.45, 2.75) is 18.6 Å². The van der Waals surface area contributed by atoms with E-state index in [2.05, 4.69) is 5.43 Å². The Morgan fingerprint density at radius 3 is 2.89 bits per heavy atom. The first-order valence-corrected chi connectivity index (χ1v) is 3.06. The summed E-state index contributed by atoms with van der Waals surface area (Å²) in [6.07, 6.45) is 0.332. The van der Waals surface area contributed by atoms with Crippen LogP contribution in [-0.4, -0.2) is 30.5 Å². The van der Waals surface area contributed by atoms with Crippen molar-refractivity contribution in [1.29, 1.82) is 0 Å². The van der Waals surface area contributed by atoms with Crippen molar-refractivity contribution in [3.8, 4) is 0 Å². The highest BCUT2D eigenvalue weighted by Crippen LogP contribution is 2.05. The van der Waals surface area contributed by atoms with Crippen LogP contribution in [0.2, 0.25) is 0 Å². The van der Waals surface area contributed by atoms with Crippen LogP contribution in [0.3, 0.4) is 0 Å². The number of aliphatic hydroxyl groups is 1. The molecular formula is C5H12N2O2. The quantitative estimate of drug-likeness (QED) is 0.303. The molecule has 1 aliphatic heterocycles. The molecule has 1 saturated heterocycles. The summed E-state index contributed by atoms with van der Waals surface area (Å²) >= 11 is 0. The van der Waals surface area contributed by atoms with Crippen LogP contribution in [0.5, 0.6) is 0 Å². The highest BCUT2D eigenvalue weighted by molar-refractivity contribution is 4.76. The molecule has 4 N–H and O–H groups in total. The van der Waals surface area contributed by atoms with Crippen molar-refractivity contribution in [2.75, 3.05) is 13.2 Å². The molecular weight excluding hydrogens is 120 g/mol. The number of hydrogen-bond donors (Lipinski definition) is 3. The second-order valence-electron chi connectivity index (χ2n) is 2.20. The topological polar surface area (TPSA) is 67.5 Å². The molecule has 0 radical (unpaired) electrons.